The van der Waals surface area contributed by atoms with Gasteiger partial charge in [0.2, 0.25) is 17.8 Å². The van der Waals surface area contributed by atoms with Crippen LogP contribution < -0.4 is 20.9 Å². The molecule has 2 aliphatic heterocycles. The highest BCUT2D eigenvalue weighted by atomic mass is 15.4. The molecule has 0 atom stereocenters. The van der Waals surface area contributed by atoms with Crippen molar-refractivity contribution in [3.63, 3.8) is 0 Å². The van der Waals surface area contributed by atoms with Gasteiger partial charge in [0.15, 0.2) is 0 Å². The van der Waals surface area contributed by atoms with E-state index in [2.05, 4.69) is 70.5 Å². The van der Waals surface area contributed by atoms with Gasteiger partial charge in [0.25, 0.3) is 0 Å². The van der Waals surface area contributed by atoms with Crippen LogP contribution in [0.15, 0.2) is 30.3 Å². The van der Waals surface area contributed by atoms with Gasteiger partial charge in [-0.15, -0.1) is 0 Å². The predicted octanol–water partition coefficient (Wildman–Crippen LogP) is 5.65. The van der Waals surface area contributed by atoms with Gasteiger partial charge in [-0.1, -0.05) is 18.2 Å². The maximum absolute atomic E-state index is 6.48. The summed E-state index contributed by atoms with van der Waals surface area (Å²) >= 11 is 0. The zero-order valence-corrected chi connectivity index (χ0v) is 22.3. The number of anilines is 4. The minimum atomic E-state index is -0.184. The third-order valence-corrected chi connectivity index (χ3v) is 7.56. The third kappa shape index (κ3) is 4.72. The molecule has 1 aromatic carbocycles. The summed E-state index contributed by atoms with van der Waals surface area (Å²) in [7, 11) is 0. The summed E-state index contributed by atoms with van der Waals surface area (Å²) < 4.78 is 0. The molecule has 3 N–H and O–H groups in total. The zero-order chi connectivity index (χ0) is 24.9. The number of piperidine rings is 2. The molecule has 34 heavy (non-hydrogen) atoms. The van der Waals surface area contributed by atoms with Gasteiger partial charge in [0.05, 0.1) is 0 Å². The van der Waals surface area contributed by atoms with Crippen LogP contribution in [0.5, 0.6) is 0 Å². The molecule has 2 saturated heterocycles. The molecule has 2 fully saturated rings. The van der Waals surface area contributed by atoms with Crippen molar-refractivity contribution in [2.45, 2.75) is 116 Å². The van der Waals surface area contributed by atoms with Crippen molar-refractivity contribution in [1.29, 1.82) is 0 Å². The summed E-state index contributed by atoms with van der Waals surface area (Å²) in [5.41, 5.74) is 6.96. The number of nitrogens with one attached hydrogen (secondary N) is 1. The minimum absolute atomic E-state index is 0.0559. The molecule has 0 radical (unpaired) electrons. The van der Waals surface area contributed by atoms with E-state index in [1.165, 1.54) is 6.42 Å². The highest BCUT2D eigenvalue weighted by molar-refractivity contribution is 5.58. The molecule has 0 aliphatic carbocycles. The fourth-order valence-corrected chi connectivity index (χ4v) is 6.70. The summed E-state index contributed by atoms with van der Waals surface area (Å²) in [5.74, 6) is 2.02. The topological polar surface area (TPSA) is 83.2 Å². The van der Waals surface area contributed by atoms with Crippen LogP contribution >= 0.6 is 0 Å². The molecule has 2 aliphatic rings. The molecule has 0 amide bonds. The quantitative estimate of drug-likeness (QED) is 0.604. The van der Waals surface area contributed by atoms with Gasteiger partial charge in [0.1, 0.15) is 0 Å². The van der Waals surface area contributed by atoms with Crippen LogP contribution in [-0.2, 0) is 0 Å². The molecule has 186 valence electrons. The van der Waals surface area contributed by atoms with Crippen molar-refractivity contribution in [3.8, 4) is 0 Å². The molecule has 0 saturated carbocycles. The van der Waals surface area contributed by atoms with Gasteiger partial charge < -0.3 is 20.9 Å². The average Bonchev–Trinajstić information content (AvgIpc) is 2.64. The number of nitrogens with two attached hydrogens (primary N) is 1. The Bertz CT molecular complexity index is 979. The normalized spacial score (nSPS) is 23.6. The number of aromatic nitrogens is 3. The molecule has 0 unspecified atom stereocenters. The first-order valence-corrected chi connectivity index (χ1v) is 12.7. The van der Waals surface area contributed by atoms with Crippen LogP contribution in [0.25, 0.3) is 0 Å². The van der Waals surface area contributed by atoms with E-state index in [0.717, 1.165) is 37.3 Å². The molecule has 2 aromatic rings. The fraction of sp³-hybridized carbons (Fsp3) is 0.667. The first-order chi connectivity index (χ1) is 15.7. The molecular formula is C27H43N7. The lowest BCUT2D eigenvalue weighted by Crippen LogP contribution is -2.64. The van der Waals surface area contributed by atoms with E-state index in [4.69, 9.17) is 20.7 Å². The van der Waals surface area contributed by atoms with Crippen LogP contribution in [0, 0.1) is 0 Å². The minimum Gasteiger partial charge on any atom is -0.330 e. The van der Waals surface area contributed by atoms with Crippen molar-refractivity contribution in [1.82, 2.24) is 15.0 Å². The fourth-order valence-electron chi connectivity index (χ4n) is 6.70. The molecule has 7 heteroatoms. The van der Waals surface area contributed by atoms with Crippen molar-refractivity contribution in [2.75, 3.05) is 15.1 Å². The van der Waals surface area contributed by atoms with Gasteiger partial charge in [-0.25, -0.2) is 0 Å². The number of nitrogens with zero attached hydrogens (tertiary/aromatic N) is 5. The van der Waals surface area contributed by atoms with Crippen molar-refractivity contribution in [3.05, 3.63) is 30.3 Å². The lowest BCUT2D eigenvalue weighted by molar-refractivity contribution is 0.215. The van der Waals surface area contributed by atoms with Crippen LogP contribution in [0.2, 0.25) is 0 Å². The smallest absolute Gasteiger partial charge is 0.233 e. The van der Waals surface area contributed by atoms with E-state index < -0.39 is 0 Å². The van der Waals surface area contributed by atoms with Gasteiger partial charge in [-0.05, 0) is 99.6 Å². The summed E-state index contributed by atoms with van der Waals surface area (Å²) in [6.45, 7) is 18.2. The van der Waals surface area contributed by atoms with Gasteiger partial charge in [0, 0.05) is 33.9 Å². The Morgan fingerprint density at radius 3 is 1.71 bits per heavy atom. The summed E-state index contributed by atoms with van der Waals surface area (Å²) in [6.07, 6.45) is 5.19. The number of hydrogen-bond acceptors (Lipinski definition) is 7. The number of hydrogen-bond donors (Lipinski definition) is 2. The van der Waals surface area contributed by atoms with Crippen molar-refractivity contribution in [2.24, 2.45) is 5.73 Å². The van der Waals surface area contributed by atoms with E-state index in [-0.39, 0.29) is 28.2 Å². The zero-order valence-electron chi connectivity index (χ0n) is 22.3. The highest BCUT2D eigenvalue weighted by Gasteiger charge is 2.47. The van der Waals surface area contributed by atoms with Crippen LogP contribution in [0.4, 0.5) is 23.5 Å². The second-order valence-corrected chi connectivity index (χ2v) is 12.7. The Labute approximate surface area is 205 Å². The monoisotopic (exact) mass is 465 g/mol. The van der Waals surface area contributed by atoms with Crippen LogP contribution in [0.3, 0.4) is 0 Å². The maximum Gasteiger partial charge on any atom is 0.233 e. The lowest BCUT2D eigenvalue weighted by atomic mass is 9.77. The molecule has 0 spiro atoms. The molecule has 4 rings (SSSR count). The molecule has 1 aromatic heterocycles. The standard InChI is InChI=1S/C27H43N7/c1-24(2)15-12-16-25(3,4)33(24)22-30-21(29-20-13-10-9-11-14-20)31-23(32-22)34-26(5,6)17-19(28)18-27(34,7)8/h9-11,13-14,19H,12,15-18,28H2,1-8H3,(H,29,30,31,32). The Morgan fingerprint density at radius 1 is 0.735 bits per heavy atom. The first kappa shape index (κ1) is 24.7. The number of benzene rings is 1. The highest BCUT2D eigenvalue weighted by Crippen LogP contribution is 2.44. The summed E-state index contributed by atoms with van der Waals surface area (Å²) in [4.78, 5) is 19.9. The molecular weight excluding hydrogens is 422 g/mol. The van der Waals surface area contributed by atoms with Gasteiger partial charge in [-0.3, -0.25) is 0 Å². The lowest BCUT2D eigenvalue weighted by Gasteiger charge is -2.55. The Hall–Kier alpha value is -2.41. The Balaban J connectivity index is 1.87. The first-order valence-electron chi connectivity index (χ1n) is 12.7. The SMILES string of the molecule is CC1(C)CCCC(C)(C)N1c1nc(Nc2ccccc2)nc(N2C(C)(C)CC(N)CC2(C)C)n1. The molecule has 0 bridgehead atoms. The Morgan fingerprint density at radius 2 is 1.21 bits per heavy atom. The number of para-hydroxylation sites is 1. The molecule has 3 heterocycles. The van der Waals surface area contributed by atoms with Crippen molar-refractivity contribution < 1.29 is 0 Å². The molecule has 7 nitrogen and oxygen atoms in total. The summed E-state index contributed by atoms with van der Waals surface area (Å²) in [6, 6.07) is 10.3. The van der Waals surface area contributed by atoms with Crippen molar-refractivity contribution >= 4 is 23.5 Å². The Kier molecular flexibility index (Phi) is 6.08. The van der Waals surface area contributed by atoms with E-state index in [0.29, 0.717) is 11.9 Å². The van der Waals surface area contributed by atoms with Crippen LogP contribution in [0.1, 0.15) is 87.5 Å². The van der Waals surface area contributed by atoms with Gasteiger partial charge >= 0.3 is 0 Å². The van der Waals surface area contributed by atoms with Gasteiger partial charge in [-0.2, -0.15) is 15.0 Å². The van der Waals surface area contributed by atoms with E-state index in [1.54, 1.807) is 0 Å². The van der Waals surface area contributed by atoms with E-state index in [9.17, 15) is 0 Å². The third-order valence-electron chi connectivity index (χ3n) is 7.56. The second-order valence-electron chi connectivity index (χ2n) is 12.7. The van der Waals surface area contributed by atoms with E-state index >= 15 is 0 Å². The van der Waals surface area contributed by atoms with E-state index in [1.807, 2.05) is 30.3 Å². The second kappa shape index (κ2) is 8.36. The average molecular weight is 466 g/mol. The predicted molar refractivity (Wildman–Crippen MR) is 142 cm³/mol. The number of rotatable bonds is 4. The van der Waals surface area contributed by atoms with Crippen LogP contribution in [-0.4, -0.2) is 43.1 Å². The largest absolute Gasteiger partial charge is 0.330 e. The summed E-state index contributed by atoms with van der Waals surface area (Å²) in [5, 5.41) is 3.44. The maximum atomic E-state index is 6.48.